The Labute approximate surface area is 197 Å². The van der Waals surface area contributed by atoms with Crippen LogP contribution in [-0.2, 0) is 4.79 Å². The van der Waals surface area contributed by atoms with Crippen molar-refractivity contribution < 1.29 is 9.59 Å². The molecule has 0 radical (unpaired) electrons. The summed E-state index contributed by atoms with van der Waals surface area (Å²) in [6.45, 7) is 7.76. The van der Waals surface area contributed by atoms with Gasteiger partial charge in [0.05, 0.1) is 12.1 Å². The van der Waals surface area contributed by atoms with E-state index in [4.69, 9.17) is 0 Å². The van der Waals surface area contributed by atoms with E-state index < -0.39 is 0 Å². The Morgan fingerprint density at radius 1 is 0.879 bits per heavy atom. The number of carbonyl (C=O) groups excluding carboxylic acids is 2. The number of hydrogen-bond donors (Lipinski definition) is 1. The van der Waals surface area contributed by atoms with Gasteiger partial charge in [-0.2, -0.15) is 0 Å². The molecule has 1 aromatic rings. The smallest absolute Gasteiger partial charge is 0.253 e. The van der Waals surface area contributed by atoms with Gasteiger partial charge in [0.15, 0.2) is 0 Å². The van der Waals surface area contributed by atoms with Gasteiger partial charge in [0.1, 0.15) is 5.82 Å². The number of hydrogen-bond acceptors (Lipinski definition) is 6. The molecule has 1 aromatic heterocycles. The van der Waals surface area contributed by atoms with E-state index >= 15 is 0 Å². The molecule has 1 N–H and O–H groups in total. The summed E-state index contributed by atoms with van der Waals surface area (Å²) in [6.07, 6.45) is 10.3. The third kappa shape index (κ3) is 5.49. The van der Waals surface area contributed by atoms with Crippen molar-refractivity contribution in [3.8, 4) is 0 Å². The van der Waals surface area contributed by atoms with Crippen LogP contribution in [0.25, 0.3) is 0 Å². The first-order valence-electron chi connectivity index (χ1n) is 12.9. The lowest BCUT2D eigenvalue weighted by molar-refractivity contribution is -0.134. The molecule has 0 atom stereocenters. The molecule has 0 spiro atoms. The number of aromatic nitrogens is 1. The van der Waals surface area contributed by atoms with Gasteiger partial charge in [-0.3, -0.25) is 19.4 Å². The van der Waals surface area contributed by atoms with Crippen molar-refractivity contribution >= 4 is 17.6 Å². The second-order valence-electron chi connectivity index (χ2n) is 10.1. The fourth-order valence-corrected chi connectivity index (χ4v) is 5.56. The highest BCUT2D eigenvalue weighted by molar-refractivity contribution is 5.94. The molecule has 3 heterocycles. The monoisotopic (exact) mass is 454 g/mol. The summed E-state index contributed by atoms with van der Waals surface area (Å²) >= 11 is 0. The zero-order valence-corrected chi connectivity index (χ0v) is 19.8. The Bertz CT molecular complexity index is 805. The first-order valence-corrected chi connectivity index (χ1v) is 12.9. The van der Waals surface area contributed by atoms with E-state index in [2.05, 4.69) is 29.9 Å². The maximum atomic E-state index is 12.8. The van der Waals surface area contributed by atoms with Crippen molar-refractivity contribution in [2.24, 2.45) is 0 Å². The van der Waals surface area contributed by atoms with E-state index in [0.717, 1.165) is 77.1 Å². The number of rotatable bonds is 6. The van der Waals surface area contributed by atoms with Crippen LogP contribution in [0.1, 0.15) is 55.3 Å². The molecule has 0 unspecified atom stereocenters. The van der Waals surface area contributed by atoms with E-state index in [1.807, 2.05) is 12.1 Å². The van der Waals surface area contributed by atoms with E-state index in [1.165, 1.54) is 32.1 Å². The number of nitrogens with zero attached hydrogens (tertiary/aromatic N) is 5. The number of carbonyl (C=O) groups is 2. The van der Waals surface area contributed by atoms with Gasteiger partial charge in [0.25, 0.3) is 5.91 Å². The Balaban J connectivity index is 1.04. The van der Waals surface area contributed by atoms with Gasteiger partial charge in [-0.1, -0.05) is 19.3 Å². The van der Waals surface area contributed by atoms with Crippen LogP contribution in [0.2, 0.25) is 0 Å². The minimum atomic E-state index is -0.0159. The van der Waals surface area contributed by atoms with Crippen LogP contribution in [0.3, 0.4) is 0 Å². The zero-order valence-electron chi connectivity index (χ0n) is 19.8. The third-order valence-electron chi connectivity index (χ3n) is 8.01. The molecule has 2 saturated heterocycles. The molecule has 33 heavy (non-hydrogen) atoms. The molecule has 4 aliphatic rings. The van der Waals surface area contributed by atoms with Gasteiger partial charge in [-0.25, -0.2) is 4.98 Å². The average molecular weight is 455 g/mol. The van der Waals surface area contributed by atoms with Crippen molar-refractivity contribution in [1.82, 2.24) is 25.0 Å². The van der Waals surface area contributed by atoms with Crippen LogP contribution in [0.15, 0.2) is 18.3 Å². The van der Waals surface area contributed by atoms with Gasteiger partial charge < -0.3 is 15.1 Å². The van der Waals surface area contributed by atoms with Crippen LogP contribution >= 0.6 is 0 Å². The lowest BCUT2D eigenvalue weighted by atomic mass is 9.91. The third-order valence-corrected chi connectivity index (χ3v) is 8.01. The second kappa shape index (κ2) is 10.4. The first-order chi connectivity index (χ1) is 16.2. The normalized spacial score (nSPS) is 23.5. The van der Waals surface area contributed by atoms with Crippen molar-refractivity contribution in [1.29, 1.82) is 0 Å². The standard InChI is InChI=1S/C25H38N6O2/c32-24(31-16-14-29(15-17-31)22-6-3-7-22)19-28-10-12-30(13-11-28)23-9-8-20(18-26-23)25(33)27-21-4-1-2-5-21/h8-9,18,21-22H,1-7,10-17,19H2,(H,27,33). The lowest BCUT2D eigenvalue weighted by Crippen LogP contribution is -2.56. The summed E-state index contributed by atoms with van der Waals surface area (Å²) in [4.78, 5) is 38.9. The number of nitrogens with one attached hydrogen (secondary N) is 1. The number of pyridine rings is 1. The van der Waals surface area contributed by atoms with Crippen LogP contribution in [0.4, 0.5) is 5.82 Å². The quantitative estimate of drug-likeness (QED) is 0.704. The van der Waals surface area contributed by atoms with Crippen molar-refractivity contribution in [3.63, 3.8) is 0 Å². The summed E-state index contributed by atoms with van der Waals surface area (Å²) in [5.74, 6) is 1.16. The maximum absolute atomic E-state index is 12.8. The minimum Gasteiger partial charge on any atom is -0.354 e. The molecule has 0 bridgehead atoms. The predicted molar refractivity (Wildman–Crippen MR) is 128 cm³/mol. The molecule has 2 aliphatic heterocycles. The topological polar surface area (TPSA) is 72.0 Å². The van der Waals surface area contributed by atoms with Crippen LogP contribution in [0, 0.1) is 0 Å². The van der Waals surface area contributed by atoms with E-state index in [1.54, 1.807) is 6.20 Å². The van der Waals surface area contributed by atoms with E-state index in [9.17, 15) is 9.59 Å². The van der Waals surface area contributed by atoms with Crippen molar-refractivity contribution in [2.75, 3.05) is 63.8 Å². The van der Waals surface area contributed by atoms with Crippen LogP contribution in [-0.4, -0.2) is 102 Å². The number of anilines is 1. The van der Waals surface area contributed by atoms with Gasteiger partial charge >= 0.3 is 0 Å². The molecule has 180 valence electrons. The van der Waals surface area contributed by atoms with Crippen molar-refractivity contribution in [3.05, 3.63) is 23.9 Å². The van der Waals surface area contributed by atoms with Gasteiger partial charge in [0, 0.05) is 70.6 Å². The van der Waals surface area contributed by atoms with Gasteiger partial charge in [0.2, 0.25) is 5.91 Å². The second-order valence-corrected chi connectivity index (χ2v) is 10.1. The summed E-state index contributed by atoms with van der Waals surface area (Å²) in [5, 5.41) is 3.12. The highest BCUT2D eigenvalue weighted by Gasteiger charge is 2.30. The SMILES string of the molecule is O=C(NC1CCCC1)c1ccc(N2CCN(CC(=O)N3CCN(C4CCC4)CC3)CC2)nc1. The Hall–Kier alpha value is -2.19. The minimum absolute atomic E-state index is 0.0159. The van der Waals surface area contributed by atoms with Crippen LogP contribution < -0.4 is 10.2 Å². The summed E-state index contributed by atoms with van der Waals surface area (Å²) in [6, 6.07) is 4.93. The Morgan fingerprint density at radius 3 is 2.21 bits per heavy atom. The Morgan fingerprint density at radius 2 is 1.61 bits per heavy atom. The molecule has 8 nitrogen and oxygen atoms in total. The lowest BCUT2D eigenvalue weighted by Gasteiger charge is -2.43. The molecule has 2 aliphatic carbocycles. The first kappa shape index (κ1) is 22.6. The molecular weight excluding hydrogens is 416 g/mol. The zero-order chi connectivity index (χ0) is 22.6. The fourth-order valence-electron chi connectivity index (χ4n) is 5.56. The predicted octanol–water partition coefficient (Wildman–Crippen LogP) is 1.57. The molecule has 8 heteroatoms. The summed E-state index contributed by atoms with van der Waals surface area (Å²) in [5.41, 5.74) is 0.632. The Kier molecular flexibility index (Phi) is 7.11. The molecule has 2 saturated carbocycles. The van der Waals surface area contributed by atoms with E-state index in [-0.39, 0.29) is 11.8 Å². The van der Waals surface area contributed by atoms with Gasteiger partial charge in [-0.15, -0.1) is 0 Å². The maximum Gasteiger partial charge on any atom is 0.253 e. The molecular formula is C25H38N6O2. The molecule has 4 fully saturated rings. The highest BCUT2D eigenvalue weighted by Crippen LogP contribution is 2.25. The number of piperazine rings is 2. The van der Waals surface area contributed by atoms with E-state index in [0.29, 0.717) is 18.2 Å². The van der Waals surface area contributed by atoms with Gasteiger partial charge in [-0.05, 0) is 37.8 Å². The van der Waals surface area contributed by atoms with Crippen molar-refractivity contribution in [2.45, 2.75) is 57.0 Å². The molecule has 2 amide bonds. The summed E-state index contributed by atoms with van der Waals surface area (Å²) < 4.78 is 0. The molecule has 0 aromatic carbocycles. The largest absolute Gasteiger partial charge is 0.354 e. The molecule has 5 rings (SSSR count). The average Bonchev–Trinajstić information content (AvgIpc) is 3.32. The highest BCUT2D eigenvalue weighted by atomic mass is 16.2. The van der Waals surface area contributed by atoms with Crippen LogP contribution in [0.5, 0.6) is 0 Å². The summed E-state index contributed by atoms with van der Waals surface area (Å²) in [7, 11) is 0. The fraction of sp³-hybridized carbons (Fsp3) is 0.720. The number of amides is 2.